The Morgan fingerprint density at radius 2 is 2.40 bits per heavy atom. The van der Waals surface area contributed by atoms with Crippen LogP contribution in [0.2, 0.25) is 0 Å². The molecule has 0 aromatic heterocycles. The average Bonchev–Trinajstić information content (AvgIpc) is 2.90. The van der Waals surface area contributed by atoms with Crippen molar-refractivity contribution in [1.82, 2.24) is 10.6 Å². The summed E-state index contributed by atoms with van der Waals surface area (Å²) in [4.78, 5) is 11.6. The van der Waals surface area contributed by atoms with Gasteiger partial charge >= 0.3 is 0 Å². The minimum atomic E-state index is 0.0600. The molecule has 4 nitrogen and oxygen atoms in total. The maximum Gasteiger partial charge on any atom is 0.237 e. The number of nitrogens with one attached hydrogen (secondary N) is 2. The van der Waals surface area contributed by atoms with Crippen LogP contribution in [0.4, 0.5) is 0 Å². The number of carbonyl (C=O) groups excluding carboxylic acids is 1. The third-order valence-corrected chi connectivity index (χ3v) is 3.25. The van der Waals surface area contributed by atoms with Gasteiger partial charge in [-0.1, -0.05) is 0 Å². The highest BCUT2D eigenvalue weighted by molar-refractivity contribution is 5.81. The fourth-order valence-electron chi connectivity index (χ4n) is 2.24. The molecule has 2 heterocycles. The van der Waals surface area contributed by atoms with Crippen LogP contribution in [0.3, 0.4) is 0 Å². The summed E-state index contributed by atoms with van der Waals surface area (Å²) in [5.74, 6) is 0.827. The molecule has 0 radical (unpaired) electrons. The van der Waals surface area contributed by atoms with Gasteiger partial charge in [-0.25, -0.2) is 0 Å². The van der Waals surface area contributed by atoms with Crippen molar-refractivity contribution >= 4 is 5.91 Å². The van der Waals surface area contributed by atoms with Gasteiger partial charge in [-0.15, -0.1) is 0 Å². The predicted octanol–water partition coefficient (Wildman–Crippen LogP) is 0.281. The zero-order chi connectivity index (χ0) is 10.5. The zero-order valence-corrected chi connectivity index (χ0v) is 9.13. The molecule has 2 aliphatic rings. The summed E-state index contributed by atoms with van der Waals surface area (Å²) < 4.78 is 5.29. The lowest BCUT2D eigenvalue weighted by atomic mass is 10.1. The number of rotatable bonds is 4. The Morgan fingerprint density at radius 3 is 3.07 bits per heavy atom. The fourth-order valence-corrected chi connectivity index (χ4v) is 2.24. The van der Waals surface area contributed by atoms with Gasteiger partial charge in [-0.2, -0.15) is 0 Å². The fraction of sp³-hybridized carbons (Fsp3) is 0.909. The molecule has 2 aliphatic heterocycles. The summed E-state index contributed by atoms with van der Waals surface area (Å²) in [5.41, 5.74) is 0. The quantitative estimate of drug-likeness (QED) is 0.704. The van der Waals surface area contributed by atoms with Gasteiger partial charge in [0.15, 0.2) is 0 Å². The molecule has 0 aromatic rings. The topological polar surface area (TPSA) is 50.4 Å². The zero-order valence-electron chi connectivity index (χ0n) is 9.13. The first-order chi connectivity index (χ1) is 7.36. The van der Waals surface area contributed by atoms with Crippen LogP contribution in [0, 0.1) is 5.92 Å². The average molecular weight is 212 g/mol. The van der Waals surface area contributed by atoms with E-state index in [-0.39, 0.29) is 11.9 Å². The van der Waals surface area contributed by atoms with E-state index in [0.717, 1.165) is 52.0 Å². The largest absolute Gasteiger partial charge is 0.381 e. The monoisotopic (exact) mass is 212 g/mol. The molecule has 2 N–H and O–H groups in total. The second-order valence-electron chi connectivity index (χ2n) is 4.46. The van der Waals surface area contributed by atoms with Crippen molar-refractivity contribution in [3.05, 3.63) is 0 Å². The Bertz CT molecular complexity index is 209. The normalized spacial score (nSPS) is 30.7. The van der Waals surface area contributed by atoms with Crippen molar-refractivity contribution in [2.24, 2.45) is 5.92 Å². The SMILES string of the molecule is O=C(NCCC1CCOC1)C1CCCN1. The van der Waals surface area contributed by atoms with Gasteiger partial charge in [0.05, 0.1) is 6.04 Å². The molecule has 1 amide bonds. The number of carbonyl (C=O) groups is 1. The van der Waals surface area contributed by atoms with E-state index in [0.29, 0.717) is 5.92 Å². The molecule has 0 aliphatic carbocycles. The van der Waals surface area contributed by atoms with Gasteiger partial charge in [0.2, 0.25) is 5.91 Å². The molecule has 0 saturated carbocycles. The van der Waals surface area contributed by atoms with E-state index in [1.54, 1.807) is 0 Å². The van der Waals surface area contributed by atoms with E-state index in [1.165, 1.54) is 0 Å². The van der Waals surface area contributed by atoms with Gasteiger partial charge in [-0.05, 0) is 38.1 Å². The van der Waals surface area contributed by atoms with Crippen LogP contribution in [0.1, 0.15) is 25.7 Å². The van der Waals surface area contributed by atoms with Crippen LogP contribution in [0.15, 0.2) is 0 Å². The molecule has 2 fully saturated rings. The van der Waals surface area contributed by atoms with Crippen molar-refractivity contribution in [2.45, 2.75) is 31.7 Å². The summed E-state index contributed by atoms with van der Waals surface area (Å²) in [7, 11) is 0. The molecule has 86 valence electrons. The van der Waals surface area contributed by atoms with Crippen LogP contribution in [-0.4, -0.2) is 38.3 Å². The van der Waals surface area contributed by atoms with Gasteiger partial charge in [0.25, 0.3) is 0 Å². The van der Waals surface area contributed by atoms with Crippen molar-refractivity contribution in [3.8, 4) is 0 Å². The maximum atomic E-state index is 11.6. The second kappa shape index (κ2) is 5.47. The lowest BCUT2D eigenvalue weighted by molar-refractivity contribution is -0.122. The van der Waals surface area contributed by atoms with Gasteiger partial charge in [0.1, 0.15) is 0 Å². The first-order valence-corrected chi connectivity index (χ1v) is 5.95. The van der Waals surface area contributed by atoms with Crippen LogP contribution >= 0.6 is 0 Å². The molecule has 2 saturated heterocycles. The van der Waals surface area contributed by atoms with Crippen LogP contribution in [-0.2, 0) is 9.53 Å². The molecule has 0 bridgehead atoms. The summed E-state index contributed by atoms with van der Waals surface area (Å²) in [6.45, 7) is 3.54. The van der Waals surface area contributed by atoms with E-state index in [2.05, 4.69) is 10.6 Å². The molecule has 2 atom stereocenters. The predicted molar refractivity (Wildman–Crippen MR) is 57.6 cm³/mol. The highest BCUT2D eigenvalue weighted by Crippen LogP contribution is 2.15. The third-order valence-electron chi connectivity index (χ3n) is 3.25. The molecule has 15 heavy (non-hydrogen) atoms. The Morgan fingerprint density at radius 1 is 1.47 bits per heavy atom. The Hall–Kier alpha value is -0.610. The number of ether oxygens (including phenoxy) is 1. The van der Waals surface area contributed by atoms with E-state index < -0.39 is 0 Å². The molecular formula is C11H20N2O2. The molecule has 0 spiro atoms. The van der Waals surface area contributed by atoms with E-state index in [4.69, 9.17) is 4.74 Å². The highest BCUT2D eigenvalue weighted by Gasteiger charge is 2.22. The Balaban J connectivity index is 1.58. The lowest BCUT2D eigenvalue weighted by Crippen LogP contribution is -2.41. The summed E-state index contributed by atoms with van der Waals surface area (Å²) in [6, 6.07) is 0.0600. The van der Waals surface area contributed by atoms with Crippen molar-refractivity contribution < 1.29 is 9.53 Å². The van der Waals surface area contributed by atoms with Gasteiger partial charge in [-0.3, -0.25) is 4.79 Å². The number of hydrogen-bond acceptors (Lipinski definition) is 3. The van der Waals surface area contributed by atoms with Crippen molar-refractivity contribution in [2.75, 3.05) is 26.3 Å². The lowest BCUT2D eigenvalue weighted by Gasteiger charge is -2.12. The molecule has 2 rings (SSSR count). The maximum absolute atomic E-state index is 11.6. The van der Waals surface area contributed by atoms with Crippen LogP contribution in [0.25, 0.3) is 0 Å². The number of hydrogen-bond donors (Lipinski definition) is 2. The Kier molecular flexibility index (Phi) is 3.97. The minimum Gasteiger partial charge on any atom is -0.381 e. The van der Waals surface area contributed by atoms with Gasteiger partial charge < -0.3 is 15.4 Å². The van der Waals surface area contributed by atoms with Crippen molar-refractivity contribution in [1.29, 1.82) is 0 Å². The highest BCUT2D eigenvalue weighted by atomic mass is 16.5. The third kappa shape index (κ3) is 3.18. The molecular weight excluding hydrogens is 192 g/mol. The number of amides is 1. The smallest absolute Gasteiger partial charge is 0.237 e. The summed E-state index contributed by atoms with van der Waals surface area (Å²) in [6.07, 6.45) is 4.31. The van der Waals surface area contributed by atoms with E-state index >= 15 is 0 Å². The second-order valence-corrected chi connectivity index (χ2v) is 4.46. The van der Waals surface area contributed by atoms with E-state index in [9.17, 15) is 4.79 Å². The van der Waals surface area contributed by atoms with Gasteiger partial charge in [0, 0.05) is 19.8 Å². The summed E-state index contributed by atoms with van der Waals surface area (Å²) in [5, 5.41) is 6.19. The summed E-state index contributed by atoms with van der Waals surface area (Å²) >= 11 is 0. The molecule has 0 aromatic carbocycles. The first kappa shape index (κ1) is 10.9. The molecule has 4 heteroatoms. The van der Waals surface area contributed by atoms with Crippen LogP contribution < -0.4 is 10.6 Å². The van der Waals surface area contributed by atoms with Crippen LogP contribution in [0.5, 0.6) is 0 Å². The minimum absolute atomic E-state index is 0.0600. The van der Waals surface area contributed by atoms with E-state index in [1.807, 2.05) is 0 Å². The standard InChI is InChI=1S/C11H20N2O2/c14-11(10-2-1-5-12-10)13-6-3-9-4-7-15-8-9/h9-10,12H,1-8H2,(H,13,14). The Labute approximate surface area is 90.8 Å². The van der Waals surface area contributed by atoms with Crippen molar-refractivity contribution in [3.63, 3.8) is 0 Å². The molecule has 2 unspecified atom stereocenters. The first-order valence-electron chi connectivity index (χ1n) is 5.95.